The fourth-order valence-corrected chi connectivity index (χ4v) is 3.10. The second-order valence-corrected chi connectivity index (χ2v) is 4.82. The first-order chi connectivity index (χ1) is 6.83. The van der Waals surface area contributed by atoms with E-state index in [4.69, 9.17) is 5.26 Å². The highest BCUT2D eigenvalue weighted by atomic mass is 15.2. The molecule has 2 heteroatoms. The van der Waals surface area contributed by atoms with Crippen molar-refractivity contribution >= 4 is 0 Å². The van der Waals surface area contributed by atoms with Crippen molar-refractivity contribution < 1.29 is 0 Å². The van der Waals surface area contributed by atoms with Gasteiger partial charge in [-0.25, -0.2) is 0 Å². The smallest absolute Gasteiger partial charge is 0.0672 e. The molecule has 2 nitrogen and oxygen atoms in total. The lowest BCUT2D eigenvalue weighted by Gasteiger charge is -2.39. The lowest BCUT2D eigenvalue weighted by Crippen LogP contribution is -2.46. The van der Waals surface area contributed by atoms with Gasteiger partial charge >= 0.3 is 0 Å². The van der Waals surface area contributed by atoms with Crippen LogP contribution in [0, 0.1) is 17.2 Å². The van der Waals surface area contributed by atoms with Gasteiger partial charge in [-0.05, 0) is 39.2 Å². The predicted octanol–water partition coefficient (Wildman–Crippen LogP) is 2.55. The molecule has 2 rings (SSSR count). The molecule has 1 heterocycles. The first kappa shape index (κ1) is 9.98. The van der Waals surface area contributed by atoms with Gasteiger partial charge in [-0.1, -0.05) is 12.8 Å². The van der Waals surface area contributed by atoms with Crippen LogP contribution in [0.4, 0.5) is 0 Å². The Morgan fingerprint density at radius 1 is 1.14 bits per heavy atom. The van der Waals surface area contributed by atoms with Crippen LogP contribution in [0.2, 0.25) is 0 Å². The zero-order valence-corrected chi connectivity index (χ0v) is 9.08. The quantitative estimate of drug-likeness (QED) is 0.638. The molecule has 0 aromatic rings. The zero-order valence-electron chi connectivity index (χ0n) is 9.08. The number of hydrogen-bond acceptors (Lipinski definition) is 2. The van der Waals surface area contributed by atoms with Gasteiger partial charge in [0.05, 0.1) is 12.0 Å². The fourth-order valence-electron chi connectivity index (χ4n) is 3.10. The minimum absolute atomic E-state index is 0.315. The first-order valence-corrected chi connectivity index (χ1v) is 5.98. The Bertz CT molecular complexity index is 231. The number of likely N-dealkylation sites (tertiary alicyclic amines) is 1. The van der Waals surface area contributed by atoms with Crippen LogP contribution in [-0.2, 0) is 0 Å². The molecule has 78 valence electrons. The predicted molar refractivity (Wildman–Crippen MR) is 56.8 cm³/mol. The third-order valence-corrected chi connectivity index (χ3v) is 3.93. The van der Waals surface area contributed by atoms with E-state index >= 15 is 0 Å². The van der Waals surface area contributed by atoms with E-state index in [-0.39, 0.29) is 0 Å². The Hall–Kier alpha value is -0.550. The maximum Gasteiger partial charge on any atom is 0.0672 e. The van der Waals surface area contributed by atoms with E-state index in [0.29, 0.717) is 18.0 Å². The van der Waals surface area contributed by atoms with Gasteiger partial charge in [-0.15, -0.1) is 0 Å². The fraction of sp³-hybridized carbons (Fsp3) is 0.917. The van der Waals surface area contributed by atoms with E-state index in [1.165, 1.54) is 38.6 Å². The Labute approximate surface area is 86.9 Å². The van der Waals surface area contributed by atoms with Gasteiger partial charge in [0, 0.05) is 12.1 Å². The Kier molecular flexibility index (Phi) is 3.08. The highest BCUT2D eigenvalue weighted by molar-refractivity contribution is 4.99. The van der Waals surface area contributed by atoms with E-state index < -0.39 is 0 Å². The summed E-state index contributed by atoms with van der Waals surface area (Å²) in [6, 6.07) is 3.78. The van der Waals surface area contributed by atoms with Crippen molar-refractivity contribution in [2.45, 2.75) is 57.5 Å². The van der Waals surface area contributed by atoms with Crippen LogP contribution in [-0.4, -0.2) is 23.5 Å². The Morgan fingerprint density at radius 3 is 2.71 bits per heavy atom. The van der Waals surface area contributed by atoms with Crippen LogP contribution in [0.3, 0.4) is 0 Å². The van der Waals surface area contributed by atoms with E-state index in [1.807, 2.05) is 0 Å². The largest absolute Gasteiger partial charge is 0.296 e. The van der Waals surface area contributed by atoms with Crippen LogP contribution in [0.1, 0.15) is 45.4 Å². The highest BCUT2D eigenvalue weighted by Gasteiger charge is 2.35. The van der Waals surface area contributed by atoms with Gasteiger partial charge < -0.3 is 0 Å². The molecule has 1 saturated heterocycles. The normalized spacial score (nSPS) is 39.6. The van der Waals surface area contributed by atoms with Crippen molar-refractivity contribution in [2.24, 2.45) is 5.92 Å². The van der Waals surface area contributed by atoms with Gasteiger partial charge in [0.2, 0.25) is 0 Å². The summed E-state index contributed by atoms with van der Waals surface area (Å²) in [6.07, 6.45) is 7.67. The number of nitrogens with zero attached hydrogens (tertiary/aromatic N) is 2. The van der Waals surface area contributed by atoms with Crippen LogP contribution >= 0.6 is 0 Å². The molecule has 0 amide bonds. The lowest BCUT2D eigenvalue weighted by atomic mass is 9.96. The van der Waals surface area contributed by atoms with Crippen molar-refractivity contribution in [3.05, 3.63) is 0 Å². The van der Waals surface area contributed by atoms with E-state index in [0.717, 1.165) is 6.42 Å². The van der Waals surface area contributed by atoms with Gasteiger partial charge in [0.15, 0.2) is 0 Å². The van der Waals surface area contributed by atoms with Crippen molar-refractivity contribution in [2.75, 3.05) is 6.54 Å². The third kappa shape index (κ3) is 1.79. The van der Waals surface area contributed by atoms with E-state index in [9.17, 15) is 0 Å². The topological polar surface area (TPSA) is 27.0 Å². The molecular weight excluding hydrogens is 172 g/mol. The van der Waals surface area contributed by atoms with Gasteiger partial charge in [-0.3, -0.25) is 4.90 Å². The van der Waals surface area contributed by atoms with Crippen LogP contribution < -0.4 is 0 Å². The summed E-state index contributed by atoms with van der Waals surface area (Å²) >= 11 is 0. The van der Waals surface area contributed by atoms with Crippen LogP contribution in [0.15, 0.2) is 0 Å². The van der Waals surface area contributed by atoms with E-state index in [1.54, 1.807) is 0 Å². The molecule has 0 N–H and O–H groups in total. The van der Waals surface area contributed by atoms with Gasteiger partial charge in [-0.2, -0.15) is 5.26 Å². The summed E-state index contributed by atoms with van der Waals surface area (Å²) in [4.78, 5) is 2.60. The average Bonchev–Trinajstić information content (AvgIpc) is 2.66. The van der Waals surface area contributed by atoms with Crippen molar-refractivity contribution in [1.82, 2.24) is 4.90 Å². The van der Waals surface area contributed by atoms with Gasteiger partial charge in [0.25, 0.3) is 0 Å². The molecule has 1 aliphatic carbocycles. The Morgan fingerprint density at radius 2 is 2.00 bits per heavy atom. The average molecular weight is 192 g/mol. The molecule has 14 heavy (non-hydrogen) atoms. The number of hydrogen-bond donors (Lipinski definition) is 0. The summed E-state index contributed by atoms with van der Waals surface area (Å²) in [5.41, 5.74) is 0. The maximum atomic E-state index is 9.08. The highest BCUT2D eigenvalue weighted by Crippen LogP contribution is 2.33. The van der Waals surface area contributed by atoms with Crippen LogP contribution in [0.5, 0.6) is 0 Å². The SMILES string of the molecule is CC1CCCCN1C1CCCC1C#N. The zero-order chi connectivity index (χ0) is 9.97. The lowest BCUT2D eigenvalue weighted by molar-refractivity contribution is 0.0942. The van der Waals surface area contributed by atoms with Gasteiger partial charge in [0.1, 0.15) is 0 Å². The monoisotopic (exact) mass is 192 g/mol. The Balaban J connectivity index is 2.02. The standard InChI is InChI=1S/C12H20N2/c1-10-5-2-3-8-14(10)12-7-4-6-11(12)9-13/h10-12H,2-8H2,1H3. The minimum atomic E-state index is 0.315. The second-order valence-electron chi connectivity index (χ2n) is 4.82. The molecule has 1 aliphatic heterocycles. The summed E-state index contributed by atoms with van der Waals surface area (Å²) in [7, 11) is 0. The second kappa shape index (κ2) is 4.31. The van der Waals surface area contributed by atoms with Crippen LogP contribution in [0.25, 0.3) is 0 Å². The number of nitriles is 1. The summed E-state index contributed by atoms with van der Waals surface area (Å²) in [5.74, 6) is 0.315. The molecule has 0 aromatic carbocycles. The summed E-state index contributed by atoms with van der Waals surface area (Å²) in [5, 5.41) is 9.08. The van der Waals surface area contributed by atoms with E-state index in [2.05, 4.69) is 17.9 Å². The van der Waals surface area contributed by atoms with Crippen molar-refractivity contribution in [3.63, 3.8) is 0 Å². The molecule has 1 saturated carbocycles. The molecule has 0 radical (unpaired) electrons. The third-order valence-electron chi connectivity index (χ3n) is 3.93. The molecule has 0 spiro atoms. The maximum absolute atomic E-state index is 9.08. The van der Waals surface area contributed by atoms with Crippen molar-refractivity contribution in [3.8, 4) is 6.07 Å². The molecule has 3 unspecified atom stereocenters. The molecular formula is C12H20N2. The van der Waals surface area contributed by atoms with Crippen molar-refractivity contribution in [1.29, 1.82) is 5.26 Å². The molecule has 2 aliphatic rings. The first-order valence-electron chi connectivity index (χ1n) is 5.98. The minimum Gasteiger partial charge on any atom is -0.296 e. The number of piperidine rings is 1. The molecule has 0 aromatic heterocycles. The molecule has 3 atom stereocenters. The molecule has 2 fully saturated rings. The summed E-state index contributed by atoms with van der Waals surface area (Å²) in [6.45, 7) is 3.55. The summed E-state index contributed by atoms with van der Waals surface area (Å²) < 4.78 is 0. The molecule has 0 bridgehead atoms. The number of rotatable bonds is 1.